The number of hydrogen-bond acceptors (Lipinski definition) is 5. The molecule has 20 heavy (non-hydrogen) atoms. The maximum Gasteiger partial charge on any atom is 0.411 e. The van der Waals surface area contributed by atoms with Crippen LogP contribution >= 0.6 is 0 Å². The summed E-state index contributed by atoms with van der Waals surface area (Å²) < 4.78 is 9.92. The molecular weight excluding hydrogens is 262 g/mol. The van der Waals surface area contributed by atoms with Gasteiger partial charge in [0.25, 0.3) is 0 Å². The topological polar surface area (TPSA) is 72.9 Å². The van der Waals surface area contributed by atoms with Crippen LogP contribution in [0.4, 0.5) is 4.79 Å². The van der Waals surface area contributed by atoms with E-state index in [1.54, 1.807) is 26.8 Å². The smallest absolute Gasteiger partial charge is 0.411 e. The molecule has 1 saturated heterocycles. The first kappa shape index (κ1) is 16.2. The minimum atomic E-state index is -0.944. The van der Waals surface area contributed by atoms with Gasteiger partial charge in [0, 0.05) is 0 Å². The molecule has 1 heterocycles. The maximum absolute atomic E-state index is 12.1. The summed E-state index contributed by atoms with van der Waals surface area (Å²) in [5, 5.41) is 0. The van der Waals surface area contributed by atoms with E-state index in [0.29, 0.717) is 6.42 Å². The number of Topliss-reactive ketones (excluding diaryl/α,β-unsaturated/α-hetero) is 1. The second-order valence-electron chi connectivity index (χ2n) is 5.67. The van der Waals surface area contributed by atoms with Crippen LogP contribution in [0.15, 0.2) is 12.7 Å². The van der Waals surface area contributed by atoms with Gasteiger partial charge in [0.1, 0.15) is 11.6 Å². The fourth-order valence-electron chi connectivity index (χ4n) is 2.13. The summed E-state index contributed by atoms with van der Waals surface area (Å²) in [5.41, 5.74) is -0.697. The Morgan fingerprint density at radius 3 is 2.50 bits per heavy atom. The van der Waals surface area contributed by atoms with Crippen molar-refractivity contribution in [3.63, 3.8) is 0 Å². The largest absolute Gasteiger partial charge is 0.467 e. The van der Waals surface area contributed by atoms with Crippen molar-refractivity contribution >= 4 is 17.8 Å². The number of allylic oxidation sites excluding steroid dienone is 1. The summed E-state index contributed by atoms with van der Waals surface area (Å²) in [6.07, 6.45) is 1.18. The molecule has 1 aliphatic rings. The van der Waals surface area contributed by atoms with Crippen molar-refractivity contribution < 1.29 is 23.9 Å². The molecular formula is C14H21NO5. The van der Waals surface area contributed by atoms with Crippen molar-refractivity contribution in [1.82, 2.24) is 4.90 Å². The number of ketones is 1. The van der Waals surface area contributed by atoms with E-state index in [0.717, 1.165) is 4.90 Å². The Kier molecular flexibility index (Phi) is 4.92. The highest BCUT2D eigenvalue weighted by atomic mass is 16.6. The Morgan fingerprint density at radius 2 is 2.05 bits per heavy atom. The molecule has 0 aromatic heterocycles. The zero-order valence-electron chi connectivity index (χ0n) is 12.3. The third-order valence-electron chi connectivity index (χ3n) is 2.95. The molecule has 0 aliphatic carbocycles. The van der Waals surface area contributed by atoms with Gasteiger partial charge in [-0.1, -0.05) is 6.08 Å². The number of likely N-dealkylation sites (tertiary alicyclic amines) is 1. The van der Waals surface area contributed by atoms with Gasteiger partial charge in [-0.15, -0.1) is 6.58 Å². The summed E-state index contributed by atoms with van der Waals surface area (Å²) in [7, 11) is 1.23. The number of carbonyl (C=O) groups excluding carboxylic acids is 3. The quantitative estimate of drug-likeness (QED) is 0.580. The lowest BCUT2D eigenvalue weighted by molar-refractivity contribution is -0.147. The predicted octanol–water partition coefficient (Wildman–Crippen LogP) is 1.54. The number of ether oxygens (including phenoxy) is 2. The number of amides is 1. The number of methoxy groups -OCH3 is 1. The zero-order valence-corrected chi connectivity index (χ0v) is 12.3. The molecule has 0 aromatic carbocycles. The van der Waals surface area contributed by atoms with Crippen LogP contribution in [0.2, 0.25) is 0 Å². The van der Waals surface area contributed by atoms with Crippen molar-refractivity contribution in [1.29, 1.82) is 0 Å². The van der Waals surface area contributed by atoms with Crippen molar-refractivity contribution in [2.75, 3.05) is 13.7 Å². The highest BCUT2D eigenvalue weighted by molar-refractivity contribution is 5.97. The van der Waals surface area contributed by atoms with Crippen LogP contribution < -0.4 is 0 Å². The second-order valence-corrected chi connectivity index (χ2v) is 5.67. The highest BCUT2D eigenvalue weighted by Gasteiger charge is 2.48. The molecule has 1 rings (SSSR count). The van der Waals surface area contributed by atoms with Gasteiger partial charge in [-0.05, 0) is 27.2 Å². The third kappa shape index (κ3) is 3.59. The molecule has 0 saturated carbocycles. The van der Waals surface area contributed by atoms with Crippen LogP contribution in [0.25, 0.3) is 0 Å². The molecule has 1 amide bonds. The fourth-order valence-corrected chi connectivity index (χ4v) is 2.13. The summed E-state index contributed by atoms with van der Waals surface area (Å²) in [4.78, 5) is 37.1. The average molecular weight is 283 g/mol. The van der Waals surface area contributed by atoms with Crippen LogP contribution in [-0.2, 0) is 19.1 Å². The molecule has 1 aliphatic heterocycles. The van der Waals surface area contributed by atoms with Gasteiger partial charge in [-0.2, -0.15) is 0 Å². The number of hydrogen-bond donors (Lipinski definition) is 0. The standard InChI is InChI=1S/C14H21NO5/c1-6-7-9-10(16)8-15(11(9)12(17)19-5)13(18)20-14(2,3)4/h6,9,11H,1,7-8H2,2-5H3/t9-,11+/m1/s1. The van der Waals surface area contributed by atoms with Gasteiger partial charge in [0.05, 0.1) is 19.6 Å². The van der Waals surface area contributed by atoms with Crippen LogP contribution in [0.5, 0.6) is 0 Å². The lowest BCUT2D eigenvalue weighted by Gasteiger charge is -2.28. The molecule has 0 radical (unpaired) electrons. The Labute approximate surface area is 118 Å². The van der Waals surface area contributed by atoms with E-state index in [4.69, 9.17) is 9.47 Å². The molecule has 0 N–H and O–H groups in total. The lowest BCUT2D eigenvalue weighted by Crippen LogP contribution is -2.46. The summed E-state index contributed by atoms with van der Waals surface area (Å²) >= 11 is 0. The average Bonchev–Trinajstić information content (AvgIpc) is 2.65. The third-order valence-corrected chi connectivity index (χ3v) is 2.95. The van der Waals surface area contributed by atoms with Gasteiger partial charge in [-0.25, -0.2) is 9.59 Å². The summed E-state index contributed by atoms with van der Waals surface area (Å²) in [6.45, 7) is 8.58. The van der Waals surface area contributed by atoms with E-state index in [-0.39, 0.29) is 12.3 Å². The van der Waals surface area contributed by atoms with Gasteiger partial charge >= 0.3 is 12.1 Å². The van der Waals surface area contributed by atoms with E-state index in [9.17, 15) is 14.4 Å². The van der Waals surface area contributed by atoms with E-state index in [1.807, 2.05) is 0 Å². The van der Waals surface area contributed by atoms with Crippen LogP contribution in [0, 0.1) is 5.92 Å². The number of esters is 1. The molecule has 6 heteroatoms. The Balaban J connectivity index is 2.99. The highest BCUT2D eigenvalue weighted by Crippen LogP contribution is 2.27. The molecule has 0 spiro atoms. The molecule has 0 unspecified atom stereocenters. The molecule has 1 fully saturated rings. The summed E-state index contributed by atoms with van der Waals surface area (Å²) in [5.74, 6) is -1.42. The minimum absolute atomic E-state index is 0.146. The van der Waals surface area contributed by atoms with Crippen molar-refractivity contribution in [3.05, 3.63) is 12.7 Å². The molecule has 112 valence electrons. The van der Waals surface area contributed by atoms with Gasteiger partial charge in [-0.3, -0.25) is 9.69 Å². The molecule has 0 aromatic rings. The first-order chi connectivity index (χ1) is 9.21. The Morgan fingerprint density at radius 1 is 1.45 bits per heavy atom. The molecule has 6 nitrogen and oxygen atoms in total. The first-order valence-corrected chi connectivity index (χ1v) is 6.42. The Bertz CT molecular complexity index is 424. The van der Waals surface area contributed by atoms with Crippen molar-refractivity contribution in [2.45, 2.75) is 38.8 Å². The number of carbonyl (C=O) groups is 3. The number of rotatable bonds is 3. The van der Waals surface area contributed by atoms with Gasteiger partial charge in [0.2, 0.25) is 0 Å². The maximum atomic E-state index is 12.1. The SMILES string of the molecule is C=CC[C@@H]1C(=O)CN(C(=O)OC(C)(C)C)[C@@H]1C(=O)OC. The van der Waals surface area contributed by atoms with Crippen LogP contribution in [0.1, 0.15) is 27.2 Å². The van der Waals surface area contributed by atoms with E-state index in [1.165, 1.54) is 7.11 Å². The van der Waals surface area contributed by atoms with Crippen LogP contribution in [0.3, 0.4) is 0 Å². The first-order valence-electron chi connectivity index (χ1n) is 6.42. The van der Waals surface area contributed by atoms with Crippen molar-refractivity contribution in [2.24, 2.45) is 5.92 Å². The zero-order chi connectivity index (χ0) is 15.5. The van der Waals surface area contributed by atoms with E-state index < -0.39 is 29.6 Å². The van der Waals surface area contributed by atoms with Gasteiger partial charge < -0.3 is 9.47 Å². The Hall–Kier alpha value is -1.85. The van der Waals surface area contributed by atoms with Gasteiger partial charge in [0.15, 0.2) is 5.78 Å². The summed E-state index contributed by atoms with van der Waals surface area (Å²) in [6, 6.07) is -0.944. The monoisotopic (exact) mass is 283 g/mol. The van der Waals surface area contributed by atoms with Crippen LogP contribution in [-0.4, -0.2) is 48.0 Å². The number of nitrogens with zero attached hydrogens (tertiary/aromatic N) is 1. The van der Waals surface area contributed by atoms with E-state index >= 15 is 0 Å². The molecule has 0 bridgehead atoms. The fraction of sp³-hybridized carbons (Fsp3) is 0.643. The minimum Gasteiger partial charge on any atom is -0.467 e. The normalized spacial score (nSPS) is 22.6. The van der Waals surface area contributed by atoms with Crippen molar-refractivity contribution in [3.8, 4) is 0 Å². The molecule has 2 atom stereocenters. The predicted molar refractivity (Wildman–Crippen MR) is 72.1 cm³/mol. The second kappa shape index (κ2) is 6.07. The lowest BCUT2D eigenvalue weighted by atomic mass is 9.96. The van der Waals surface area contributed by atoms with E-state index in [2.05, 4.69) is 6.58 Å².